The lowest BCUT2D eigenvalue weighted by atomic mass is 10.1. The smallest absolute Gasteiger partial charge is 0.120 e. The summed E-state index contributed by atoms with van der Waals surface area (Å²) in [5.74, 6) is 1.94. The topological polar surface area (TPSA) is 77.4 Å². The van der Waals surface area contributed by atoms with Crippen LogP contribution < -0.4 is 9.47 Å². The van der Waals surface area contributed by atoms with Crippen LogP contribution in [0.5, 0.6) is 23.0 Å². The average Bonchev–Trinajstić information content (AvgIpc) is 2.82. The van der Waals surface area contributed by atoms with Gasteiger partial charge >= 0.3 is 0 Å². The van der Waals surface area contributed by atoms with E-state index in [1.54, 1.807) is 24.3 Å². The second-order valence-corrected chi connectivity index (χ2v) is 8.92. The zero-order valence-electron chi connectivity index (χ0n) is 20.3. The molecule has 0 fully saturated rings. The number of fused-ring (bicyclic) bond motifs is 2. The molecule has 0 aromatic heterocycles. The summed E-state index contributed by atoms with van der Waals surface area (Å²) in [6.45, 7) is 7.19. The molecule has 6 nitrogen and oxygen atoms in total. The molecule has 0 radical (unpaired) electrons. The molecule has 3 atom stereocenters. The van der Waals surface area contributed by atoms with E-state index < -0.39 is 0 Å². The first-order valence-corrected chi connectivity index (χ1v) is 11.8. The van der Waals surface area contributed by atoms with E-state index in [0.717, 1.165) is 33.0 Å². The van der Waals surface area contributed by atoms with Gasteiger partial charge in [-0.05, 0) is 90.8 Å². The highest BCUT2D eigenvalue weighted by Gasteiger charge is 2.11. The predicted octanol–water partition coefficient (Wildman–Crippen LogP) is 6.06. The fourth-order valence-electron chi connectivity index (χ4n) is 3.85. The summed E-state index contributed by atoms with van der Waals surface area (Å²) in [4.78, 5) is 0. The molecule has 6 heteroatoms. The van der Waals surface area contributed by atoms with Crippen molar-refractivity contribution < 1.29 is 29.2 Å². The van der Waals surface area contributed by atoms with E-state index >= 15 is 0 Å². The highest BCUT2D eigenvalue weighted by atomic mass is 16.6. The number of aromatic hydroxyl groups is 2. The minimum absolute atomic E-state index is 0.0922. The fourth-order valence-corrected chi connectivity index (χ4v) is 3.85. The normalized spacial score (nSPS) is 14.0. The molecule has 0 spiro atoms. The van der Waals surface area contributed by atoms with Crippen molar-refractivity contribution in [2.24, 2.45) is 0 Å². The van der Waals surface area contributed by atoms with Crippen LogP contribution in [-0.2, 0) is 9.47 Å². The Hall–Kier alpha value is -3.48. The zero-order valence-corrected chi connectivity index (χ0v) is 20.3. The molecular formula is C29H32O6. The van der Waals surface area contributed by atoms with Crippen LogP contribution in [-0.4, -0.2) is 48.3 Å². The third-order valence-corrected chi connectivity index (χ3v) is 5.59. The van der Waals surface area contributed by atoms with E-state index in [9.17, 15) is 10.2 Å². The van der Waals surface area contributed by atoms with Gasteiger partial charge < -0.3 is 29.2 Å². The van der Waals surface area contributed by atoms with Gasteiger partial charge in [0.25, 0.3) is 0 Å². The van der Waals surface area contributed by atoms with Crippen molar-refractivity contribution in [1.29, 1.82) is 0 Å². The van der Waals surface area contributed by atoms with Crippen molar-refractivity contribution in [3.63, 3.8) is 0 Å². The molecule has 2 N–H and O–H groups in total. The highest BCUT2D eigenvalue weighted by Crippen LogP contribution is 2.26. The molecule has 0 aliphatic heterocycles. The highest BCUT2D eigenvalue weighted by molar-refractivity contribution is 5.85. The number of phenols is 2. The number of hydrogen-bond acceptors (Lipinski definition) is 6. The second-order valence-electron chi connectivity index (χ2n) is 8.92. The first-order chi connectivity index (χ1) is 16.9. The first-order valence-electron chi connectivity index (χ1n) is 11.8. The summed E-state index contributed by atoms with van der Waals surface area (Å²) in [5, 5.41) is 23.3. The number of rotatable bonds is 11. The Bertz CT molecular complexity index is 1270. The second kappa shape index (κ2) is 11.3. The number of ether oxygens (including phenoxy) is 4. The van der Waals surface area contributed by atoms with Crippen LogP contribution in [0.4, 0.5) is 0 Å². The van der Waals surface area contributed by atoms with Crippen molar-refractivity contribution in [1.82, 2.24) is 0 Å². The molecular weight excluding hydrogens is 444 g/mol. The monoisotopic (exact) mass is 476 g/mol. The first kappa shape index (κ1) is 24.6. The maximum atomic E-state index is 9.69. The Balaban J connectivity index is 1.17. The molecule has 0 aliphatic carbocycles. The van der Waals surface area contributed by atoms with Crippen LogP contribution in [0.3, 0.4) is 0 Å². The maximum Gasteiger partial charge on any atom is 0.120 e. The molecule has 0 saturated carbocycles. The number of benzene rings is 4. The Morgan fingerprint density at radius 2 is 1.00 bits per heavy atom. The summed E-state index contributed by atoms with van der Waals surface area (Å²) < 4.78 is 23.6. The van der Waals surface area contributed by atoms with Crippen LogP contribution in [0.2, 0.25) is 0 Å². The summed E-state index contributed by atoms with van der Waals surface area (Å²) in [7, 11) is 0. The standard InChI is InChI=1S/C29H32O6/c1-19(33-18-21(3)35-29-11-7-23-5-9-27(31)13-25(23)15-29)16-32-17-20(2)34-28-10-6-22-4-8-26(30)12-24(22)14-28/h4-15,19-21,30-31H,16-18H2,1-3H3. The Kier molecular flexibility index (Phi) is 7.95. The third kappa shape index (κ3) is 7.01. The minimum atomic E-state index is -0.137. The van der Waals surface area contributed by atoms with Gasteiger partial charge in [-0.3, -0.25) is 0 Å². The van der Waals surface area contributed by atoms with Crippen LogP contribution in [0.15, 0.2) is 72.8 Å². The minimum Gasteiger partial charge on any atom is -0.508 e. The van der Waals surface area contributed by atoms with Gasteiger partial charge in [0.1, 0.15) is 35.2 Å². The maximum absolute atomic E-state index is 9.69. The molecule has 4 rings (SSSR count). The van der Waals surface area contributed by atoms with E-state index in [1.165, 1.54) is 0 Å². The summed E-state index contributed by atoms with van der Waals surface area (Å²) >= 11 is 0. The van der Waals surface area contributed by atoms with Gasteiger partial charge in [0.15, 0.2) is 0 Å². The molecule has 0 amide bonds. The molecule has 3 unspecified atom stereocenters. The van der Waals surface area contributed by atoms with Gasteiger partial charge in [0.05, 0.1) is 25.9 Å². The zero-order chi connectivity index (χ0) is 24.8. The molecule has 0 saturated heterocycles. The number of hydrogen-bond donors (Lipinski definition) is 2. The van der Waals surface area contributed by atoms with E-state index in [0.29, 0.717) is 19.8 Å². The third-order valence-electron chi connectivity index (χ3n) is 5.59. The SMILES string of the molecule is CC(COCC(C)Oc1ccc2ccc(O)cc2c1)OCC(C)Oc1ccc2ccc(O)cc2c1. The molecule has 0 heterocycles. The lowest BCUT2D eigenvalue weighted by Crippen LogP contribution is -2.27. The number of phenolic OH excluding ortho intramolecular Hbond substituents is 2. The summed E-state index contributed by atoms with van der Waals surface area (Å²) in [6.07, 6.45) is -0.362. The molecule has 0 bridgehead atoms. The van der Waals surface area contributed by atoms with Crippen LogP contribution in [0.25, 0.3) is 21.5 Å². The van der Waals surface area contributed by atoms with E-state index in [-0.39, 0.29) is 29.8 Å². The van der Waals surface area contributed by atoms with Crippen molar-refractivity contribution in [2.45, 2.75) is 39.1 Å². The molecule has 184 valence electrons. The van der Waals surface area contributed by atoms with Gasteiger partial charge in [-0.25, -0.2) is 0 Å². The average molecular weight is 477 g/mol. The van der Waals surface area contributed by atoms with Crippen molar-refractivity contribution in [2.75, 3.05) is 19.8 Å². The van der Waals surface area contributed by atoms with Gasteiger partial charge in [-0.2, -0.15) is 0 Å². The Labute approximate surface area is 205 Å². The lowest BCUT2D eigenvalue weighted by molar-refractivity contribution is -0.0428. The van der Waals surface area contributed by atoms with Crippen LogP contribution >= 0.6 is 0 Å². The van der Waals surface area contributed by atoms with E-state index in [2.05, 4.69) is 0 Å². The van der Waals surface area contributed by atoms with Gasteiger partial charge in [0.2, 0.25) is 0 Å². The predicted molar refractivity (Wildman–Crippen MR) is 138 cm³/mol. The van der Waals surface area contributed by atoms with Gasteiger partial charge in [-0.15, -0.1) is 0 Å². The fraction of sp³-hybridized carbons (Fsp3) is 0.310. The van der Waals surface area contributed by atoms with Gasteiger partial charge in [0, 0.05) is 0 Å². The van der Waals surface area contributed by atoms with Crippen molar-refractivity contribution in [3.8, 4) is 23.0 Å². The van der Waals surface area contributed by atoms with Crippen molar-refractivity contribution in [3.05, 3.63) is 72.8 Å². The summed E-state index contributed by atoms with van der Waals surface area (Å²) in [5.41, 5.74) is 0. The lowest BCUT2D eigenvalue weighted by Gasteiger charge is -2.20. The van der Waals surface area contributed by atoms with Crippen molar-refractivity contribution >= 4 is 21.5 Å². The summed E-state index contributed by atoms with van der Waals surface area (Å²) in [6, 6.07) is 22.1. The van der Waals surface area contributed by atoms with Crippen LogP contribution in [0.1, 0.15) is 20.8 Å². The molecule has 0 aliphatic rings. The largest absolute Gasteiger partial charge is 0.508 e. The molecule has 35 heavy (non-hydrogen) atoms. The van der Waals surface area contributed by atoms with E-state index in [1.807, 2.05) is 69.3 Å². The quantitative estimate of drug-likeness (QED) is 0.274. The Morgan fingerprint density at radius 1 is 0.543 bits per heavy atom. The van der Waals surface area contributed by atoms with E-state index in [4.69, 9.17) is 18.9 Å². The van der Waals surface area contributed by atoms with Gasteiger partial charge in [-0.1, -0.05) is 24.3 Å². The van der Waals surface area contributed by atoms with Crippen LogP contribution in [0, 0.1) is 0 Å². The Morgan fingerprint density at radius 3 is 1.54 bits per heavy atom. The molecule has 4 aromatic carbocycles. The molecule has 4 aromatic rings.